The summed E-state index contributed by atoms with van der Waals surface area (Å²) < 4.78 is 50.4. The van der Waals surface area contributed by atoms with Crippen LogP contribution in [0.25, 0.3) is 0 Å². The predicted octanol–water partition coefficient (Wildman–Crippen LogP) is 8.41. The molecule has 2 atom stereocenters. The fourth-order valence-electron chi connectivity index (χ4n) is 4.35. The zero-order chi connectivity index (χ0) is 29.6. The fraction of sp³-hybridized carbons (Fsp3) is 0.222. The van der Waals surface area contributed by atoms with Gasteiger partial charge in [-0.05, 0) is 65.2 Å². The Morgan fingerprint density at radius 3 is 2.05 bits per heavy atom. The van der Waals surface area contributed by atoms with Crippen LogP contribution in [-0.2, 0) is 22.4 Å². The van der Waals surface area contributed by atoms with Crippen molar-refractivity contribution in [2.24, 2.45) is 5.92 Å². The monoisotopic (exact) mass is 653 g/mol. The van der Waals surface area contributed by atoms with Gasteiger partial charge < -0.3 is 5.32 Å². The molecular weight excluding hydrogens is 640 g/mol. The minimum Gasteiger partial charge on any atom is -0.326 e. The van der Waals surface area contributed by atoms with Crippen LogP contribution in [-0.4, -0.2) is 28.0 Å². The summed E-state index contributed by atoms with van der Waals surface area (Å²) in [4.78, 5) is 37.3. The number of carbonyl (C=O) groups is 3. The normalized spacial score (nSPS) is 17.8. The number of rotatable bonds is 8. The molecule has 4 nitrogen and oxygen atoms in total. The van der Waals surface area contributed by atoms with E-state index in [0.29, 0.717) is 15.6 Å². The topological polar surface area (TPSA) is 63.2 Å². The largest absolute Gasteiger partial charge is 0.450 e. The maximum Gasteiger partial charge on any atom is 0.450 e. The van der Waals surface area contributed by atoms with Crippen LogP contribution in [0.5, 0.6) is 0 Å². The van der Waals surface area contributed by atoms with Crippen LogP contribution < -0.4 is 5.32 Å². The standard InChI is InChI=1S/C27H16Cl5F4NO3/c28-15-8-14(9-16(29)10-15)23-24(26(23,31)32)25(40)37-18-1-2-20(30)19(11-18)21(38)6-12-3-13(5-17(33)4-12)7-22(39)27(34,35)36/h1-5,8-11,23-24H,6-7H2,(H,37,40). The van der Waals surface area contributed by atoms with Crippen molar-refractivity contribution in [1.29, 1.82) is 0 Å². The van der Waals surface area contributed by atoms with Gasteiger partial charge in [-0.15, -0.1) is 23.2 Å². The van der Waals surface area contributed by atoms with Crippen molar-refractivity contribution < 1.29 is 31.9 Å². The lowest BCUT2D eigenvalue weighted by Gasteiger charge is -2.10. The summed E-state index contributed by atoms with van der Waals surface area (Å²) in [6.45, 7) is 0. The Morgan fingerprint density at radius 1 is 0.850 bits per heavy atom. The molecule has 1 N–H and O–H groups in total. The summed E-state index contributed by atoms with van der Waals surface area (Å²) in [6, 6.07) is 11.7. The first kappa shape index (κ1) is 30.6. The Labute approximate surface area is 250 Å². The van der Waals surface area contributed by atoms with Gasteiger partial charge in [0.1, 0.15) is 10.2 Å². The first-order valence-corrected chi connectivity index (χ1v) is 13.3. The maximum atomic E-state index is 14.0. The molecule has 0 aromatic heterocycles. The van der Waals surface area contributed by atoms with Crippen molar-refractivity contribution in [3.8, 4) is 0 Å². The zero-order valence-corrected chi connectivity index (χ0v) is 23.7. The minimum absolute atomic E-state index is 0.0220. The van der Waals surface area contributed by atoms with Crippen LogP contribution in [0.2, 0.25) is 15.1 Å². The van der Waals surface area contributed by atoms with Crippen LogP contribution in [0.3, 0.4) is 0 Å². The van der Waals surface area contributed by atoms with Gasteiger partial charge in [0.2, 0.25) is 11.7 Å². The van der Waals surface area contributed by atoms with E-state index in [1.165, 1.54) is 24.3 Å². The van der Waals surface area contributed by atoms with E-state index < -0.39 is 58.5 Å². The molecule has 0 radical (unpaired) electrons. The second-order valence-electron chi connectivity index (χ2n) is 9.18. The van der Waals surface area contributed by atoms with Gasteiger partial charge >= 0.3 is 6.18 Å². The molecule has 0 spiro atoms. The SMILES string of the molecule is O=C(Cc1cc(F)cc(CC(=O)C(F)(F)F)c1)c1cc(NC(=O)C2C(c3cc(Cl)cc(Cl)c3)C2(Cl)Cl)ccc1Cl. The molecule has 0 heterocycles. The molecule has 0 saturated heterocycles. The van der Waals surface area contributed by atoms with Crippen LogP contribution in [0.15, 0.2) is 54.6 Å². The van der Waals surface area contributed by atoms with Crippen LogP contribution in [0, 0.1) is 11.7 Å². The molecule has 1 aliphatic carbocycles. The first-order valence-electron chi connectivity index (χ1n) is 11.4. The number of halogens is 9. The Morgan fingerprint density at radius 2 is 1.45 bits per heavy atom. The Kier molecular flexibility index (Phi) is 8.79. The van der Waals surface area contributed by atoms with E-state index in [4.69, 9.17) is 58.0 Å². The molecule has 1 aliphatic rings. The molecule has 3 aromatic carbocycles. The highest BCUT2D eigenvalue weighted by atomic mass is 35.5. The second kappa shape index (κ2) is 11.5. The highest BCUT2D eigenvalue weighted by molar-refractivity contribution is 6.53. The summed E-state index contributed by atoms with van der Waals surface area (Å²) in [7, 11) is 0. The van der Waals surface area contributed by atoms with Gasteiger partial charge in [0.05, 0.1) is 10.9 Å². The molecule has 1 fully saturated rings. The Balaban J connectivity index is 1.49. The van der Waals surface area contributed by atoms with Gasteiger partial charge in [-0.2, -0.15) is 13.2 Å². The van der Waals surface area contributed by atoms with Crippen LogP contribution >= 0.6 is 58.0 Å². The summed E-state index contributed by atoms with van der Waals surface area (Å²) in [5, 5.41) is 3.35. The van der Waals surface area contributed by atoms with Gasteiger partial charge in [0, 0.05) is 40.1 Å². The molecule has 40 heavy (non-hydrogen) atoms. The fourth-order valence-corrected chi connectivity index (χ4v) is 5.94. The minimum atomic E-state index is -5.07. The highest BCUT2D eigenvalue weighted by Gasteiger charge is 2.67. The van der Waals surface area contributed by atoms with E-state index in [0.717, 1.165) is 18.2 Å². The quantitative estimate of drug-likeness (QED) is 0.151. The van der Waals surface area contributed by atoms with E-state index in [1.807, 2.05) is 0 Å². The molecule has 13 heteroatoms. The average molecular weight is 656 g/mol. The van der Waals surface area contributed by atoms with Crippen LogP contribution in [0.4, 0.5) is 23.2 Å². The van der Waals surface area contributed by atoms with Crippen LogP contribution in [0.1, 0.15) is 33.0 Å². The second-order valence-corrected chi connectivity index (χ2v) is 11.9. The summed E-state index contributed by atoms with van der Waals surface area (Å²) in [5.41, 5.74) is 0.528. The van der Waals surface area contributed by atoms with E-state index in [1.54, 1.807) is 12.1 Å². The third-order valence-electron chi connectivity index (χ3n) is 6.18. The third kappa shape index (κ3) is 6.92. The van der Waals surface area contributed by atoms with E-state index in [9.17, 15) is 31.9 Å². The number of benzene rings is 3. The lowest BCUT2D eigenvalue weighted by Crippen LogP contribution is -2.24. The van der Waals surface area contributed by atoms with E-state index in [2.05, 4.69) is 5.32 Å². The number of Topliss-reactive ketones (excluding diaryl/α,β-unsaturated/α-hetero) is 2. The Hall–Kier alpha value is -2.36. The predicted molar refractivity (Wildman–Crippen MR) is 146 cm³/mol. The maximum absolute atomic E-state index is 14.0. The smallest absolute Gasteiger partial charge is 0.326 e. The number of carbonyl (C=O) groups excluding carboxylic acids is 3. The highest BCUT2D eigenvalue weighted by Crippen LogP contribution is 2.65. The van der Waals surface area contributed by atoms with Crippen molar-refractivity contribution in [3.05, 3.63) is 97.7 Å². The van der Waals surface area contributed by atoms with Gasteiger partial charge in [-0.1, -0.05) is 40.9 Å². The lowest BCUT2D eigenvalue weighted by atomic mass is 9.99. The molecule has 3 aromatic rings. The third-order valence-corrected chi connectivity index (χ3v) is 7.88. The number of ketones is 2. The van der Waals surface area contributed by atoms with Gasteiger partial charge in [0.15, 0.2) is 5.78 Å². The number of nitrogens with one attached hydrogen (secondary N) is 1. The van der Waals surface area contributed by atoms with E-state index >= 15 is 0 Å². The number of anilines is 1. The zero-order valence-electron chi connectivity index (χ0n) is 19.9. The summed E-state index contributed by atoms with van der Waals surface area (Å²) in [6.07, 6.45) is -6.58. The molecule has 1 amide bonds. The number of amides is 1. The van der Waals surface area contributed by atoms with Crippen molar-refractivity contribution in [2.75, 3.05) is 5.32 Å². The number of hydrogen-bond donors (Lipinski definition) is 1. The molecule has 0 aliphatic heterocycles. The Bertz CT molecular complexity index is 1510. The first-order chi connectivity index (χ1) is 18.6. The average Bonchev–Trinajstić information content (AvgIpc) is 3.40. The molecular formula is C27H16Cl5F4NO3. The number of hydrogen-bond acceptors (Lipinski definition) is 3. The van der Waals surface area contributed by atoms with Crippen molar-refractivity contribution >= 4 is 81.2 Å². The van der Waals surface area contributed by atoms with Crippen molar-refractivity contribution in [3.63, 3.8) is 0 Å². The lowest BCUT2D eigenvalue weighted by molar-refractivity contribution is -0.170. The molecule has 4 rings (SSSR count). The van der Waals surface area contributed by atoms with Crippen molar-refractivity contribution in [1.82, 2.24) is 0 Å². The van der Waals surface area contributed by atoms with Gasteiger partial charge in [-0.25, -0.2) is 4.39 Å². The molecule has 0 bridgehead atoms. The molecule has 2 unspecified atom stereocenters. The molecule has 1 saturated carbocycles. The summed E-state index contributed by atoms with van der Waals surface area (Å²) in [5.74, 6) is -5.58. The van der Waals surface area contributed by atoms with Crippen molar-refractivity contribution in [2.45, 2.75) is 29.3 Å². The van der Waals surface area contributed by atoms with Gasteiger partial charge in [-0.3, -0.25) is 14.4 Å². The summed E-state index contributed by atoms with van der Waals surface area (Å²) >= 11 is 31.1. The van der Waals surface area contributed by atoms with Gasteiger partial charge in [0.25, 0.3) is 0 Å². The molecule has 210 valence electrons. The van der Waals surface area contributed by atoms with E-state index in [-0.39, 0.29) is 27.4 Å². The number of alkyl halides is 5.